The molecule has 3 saturated heterocycles. The van der Waals surface area contributed by atoms with Crippen LogP contribution in [0.5, 0.6) is 0 Å². The number of hydrogen-bond donors (Lipinski definition) is 0. The van der Waals surface area contributed by atoms with E-state index < -0.39 is 209 Å². The van der Waals surface area contributed by atoms with E-state index in [2.05, 4.69) is 10.2 Å². The molecular formula is C47H63NO30S. The molecule has 0 bridgehead atoms. The van der Waals surface area contributed by atoms with Gasteiger partial charge in [0.25, 0.3) is 0 Å². The minimum absolute atomic E-state index is 0.695. The first-order valence-corrected chi connectivity index (χ1v) is 24.2. The Hall–Kier alpha value is -6.80. The number of rotatable bonds is 25. The monoisotopic (exact) mass is 1150 g/mol. The van der Waals surface area contributed by atoms with Crippen LogP contribution in [-0.4, -0.2) is 214 Å². The first kappa shape index (κ1) is 66.5. The molecule has 0 spiro atoms. The Labute approximate surface area is 456 Å². The van der Waals surface area contributed by atoms with Crippen LogP contribution < -0.4 is 0 Å². The molecule has 31 nitrogen and oxygen atoms in total. The van der Waals surface area contributed by atoms with Gasteiger partial charge in [0.2, 0.25) is 0 Å². The smallest absolute Gasteiger partial charge is 0.303 e. The zero-order chi connectivity index (χ0) is 59.5. The average Bonchev–Trinajstić information content (AvgIpc) is 3.31. The molecule has 0 unspecified atom stereocenters. The van der Waals surface area contributed by atoms with Gasteiger partial charge in [0.15, 0.2) is 73.8 Å². The summed E-state index contributed by atoms with van der Waals surface area (Å²) in [5, 5.41) is 2.15. The summed E-state index contributed by atoms with van der Waals surface area (Å²) in [5.74, 6) is -11.5. The Morgan fingerprint density at radius 1 is 0.342 bits per heavy atom. The van der Waals surface area contributed by atoms with Crippen LogP contribution in [0, 0.1) is 0 Å². The molecule has 0 aliphatic carbocycles. The second kappa shape index (κ2) is 31.1. The minimum atomic E-state index is -2.29. The number of nitrogens with zero attached hydrogens (tertiary/aromatic N) is 1. The molecule has 3 aliphatic heterocycles. The van der Waals surface area contributed by atoms with Crippen molar-refractivity contribution in [3.05, 3.63) is 0 Å². The molecule has 3 fully saturated rings. The molecule has 0 N–H and O–H groups in total. The zero-order valence-electron chi connectivity index (χ0n) is 45.0. The third-order valence-electron chi connectivity index (χ3n) is 10.7. The van der Waals surface area contributed by atoms with Gasteiger partial charge in [-0.1, -0.05) is 0 Å². The highest BCUT2D eigenvalue weighted by Gasteiger charge is 2.57. The van der Waals surface area contributed by atoms with E-state index >= 15 is 0 Å². The van der Waals surface area contributed by atoms with Crippen molar-refractivity contribution in [2.75, 3.05) is 39.6 Å². The molecule has 0 saturated carbocycles. The SMILES string of the molecule is CC(=O)OC[C@H]1O[C@H](OCC(CO[C@H]2O[C@H](COC(C)=O)[C@@H](OC(C)=O)[C@H](OC(C)=O)[C@@H]2OC(C)=O)(CO[C@H]2O[C@H](COC(C)=O)[C@@H](OC(C)=O)[C@H](OC(C)=O)[C@@H]2OC(C)=O)N=C=S)[C@@H](OC(C)=O)[C@@H](OC(C)=O)[C@@H]1OC(C)=O. The van der Waals surface area contributed by atoms with Crippen LogP contribution in [0.3, 0.4) is 0 Å². The van der Waals surface area contributed by atoms with Gasteiger partial charge in [0.1, 0.15) is 43.7 Å². The molecule has 0 aromatic rings. The highest BCUT2D eigenvalue weighted by atomic mass is 32.1. The van der Waals surface area contributed by atoms with Gasteiger partial charge in [-0.15, -0.1) is 0 Å². The fraction of sp³-hybridized carbons (Fsp3) is 0.723. The predicted molar refractivity (Wildman–Crippen MR) is 251 cm³/mol. The molecule has 3 heterocycles. The van der Waals surface area contributed by atoms with Crippen molar-refractivity contribution in [2.24, 2.45) is 4.99 Å². The lowest BCUT2D eigenvalue weighted by molar-refractivity contribution is -0.326. The lowest BCUT2D eigenvalue weighted by Gasteiger charge is -2.46. The molecule has 79 heavy (non-hydrogen) atoms. The quantitative estimate of drug-likeness (QED) is 0.0464. The third-order valence-corrected chi connectivity index (χ3v) is 10.8. The number of carbonyl (C=O) groups excluding carboxylic acids is 12. The van der Waals surface area contributed by atoms with E-state index in [-0.39, 0.29) is 0 Å². The molecule has 0 amide bonds. The fourth-order valence-electron chi connectivity index (χ4n) is 8.00. The number of aliphatic imine (C=N–C) groups is 1. The predicted octanol–water partition coefficient (Wildman–Crippen LogP) is -0.873. The minimum Gasteiger partial charge on any atom is -0.463 e. The van der Waals surface area contributed by atoms with E-state index in [1.807, 2.05) is 0 Å². The van der Waals surface area contributed by atoms with E-state index in [0.29, 0.717) is 0 Å². The lowest BCUT2D eigenvalue weighted by atomic mass is 9.97. The third kappa shape index (κ3) is 21.4. The number of hydrogen-bond acceptors (Lipinski definition) is 32. The van der Waals surface area contributed by atoms with Crippen molar-refractivity contribution in [1.29, 1.82) is 0 Å². The van der Waals surface area contributed by atoms with Crippen LogP contribution in [0.15, 0.2) is 4.99 Å². The van der Waals surface area contributed by atoms with Gasteiger partial charge >= 0.3 is 71.6 Å². The van der Waals surface area contributed by atoms with Crippen molar-refractivity contribution in [3.63, 3.8) is 0 Å². The molecular weight excluding hydrogens is 1090 g/mol. The van der Waals surface area contributed by atoms with Crippen LogP contribution in [0.1, 0.15) is 83.1 Å². The second-order valence-corrected chi connectivity index (χ2v) is 17.7. The van der Waals surface area contributed by atoms with Crippen molar-refractivity contribution in [3.8, 4) is 0 Å². The van der Waals surface area contributed by atoms with Crippen LogP contribution in [0.25, 0.3) is 0 Å². The highest BCUT2D eigenvalue weighted by molar-refractivity contribution is 7.78. The Morgan fingerprint density at radius 2 is 0.544 bits per heavy atom. The fourth-order valence-corrected chi connectivity index (χ4v) is 8.19. The topological polar surface area (TPSA) is 383 Å². The molecule has 3 rings (SSSR count). The summed E-state index contributed by atoms with van der Waals surface area (Å²) < 4.78 is 102. The Morgan fingerprint density at radius 3 is 0.734 bits per heavy atom. The molecule has 0 aromatic heterocycles. The molecule has 0 aromatic carbocycles. The van der Waals surface area contributed by atoms with Gasteiger partial charge in [-0.3, -0.25) is 57.5 Å². The summed E-state index contributed by atoms with van der Waals surface area (Å²) in [7, 11) is 0. The lowest BCUT2D eigenvalue weighted by Crippen LogP contribution is -2.64. The summed E-state index contributed by atoms with van der Waals surface area (Å²) >= 11 is 5.10. The van der Waals surface area contributed by atoms with Crippen LogP contribution in [0.2, 0.25) is 0 Å². The average molecular weight is 1150 g/mol. The second-order valence-electron chi connectivity index (χ2n) is 17.6. The van der Waals surface area contributed by atoms with Crippen LogP contribution in [0.4, 0.5) is 0 Å². The standard InChI is InChI=1S/C47H63NO30S/c1-20(49)61-13-32-35(67-23(4)52)38(70-26(7)55)41(73-29(10)58)44(76-32)64-16-47(48-19-79,17-65-45-42(74-30(11)59)39(71-27(8)56)36(68-24(5)53)33(77-45)14-62-21(2)50)18-66-46-43(75-31(12)60)40(72-28(9)57)37(69-25(6)54)34(78-46)15-63-22(3)51/h32-46H,13-18H2,1-12H3/t32-,33-,34-,35-,36-,37-,38+,39+,40+,41+,42+,43+,44+,45+,46+/m1/s1. The van der Waals surface area contributed by atoms with E-state index in [4.69, 9.17) is 97.5 Å². The number of ether oxygens (including phenoxy) is 18. The van der Waals surface area contributed by atoms with Gasteiger partial charge in [-0.25, -0.2) is 4.99 Å². The van der Waals surface area contributed by atoms with E-state index in [1.165, 1.54) is 0 Å². The molecule has 3 aliphatic rings. The highest BCUT2D eigenvalue weighted by Crippen LogP contribution is 2.35. The summed E-state index contributed by atoms with van der Waals surface area (Å²) in [5.41, 5.74) is -2.29. The summed E-state index contributed by atoms with van der Waals surface area (Å²) in [6.45, 7) is 6.87. The number of carbonyl (C=O) groups is 12. The number of thiocarbonyl (C=S) groups is 1. The van der Waals surface area contributed by atoms with E-state index in [0.717, 1.165) is 83.1 Å². The van der Waals surface area contributed by atoms with Crippen LogP contribution in [-0.2, 0) is 143 Å². The van der Waals surface area contributed by atoms with Crippen LogP contribution >= 0.6 is 12.2 Å². The Kier molecular flexibility index (Phi) is 26.2. The molecule has 32 heteroatoms. The zero-order valence-corrected chi connectivity index (χ0v) is 45.8. The van der Waals surface area contributed by atoms with Crippen molar-refractivity contribution in [2.45, 2.75) is 181 Å². The maximum atomic E-state index is 12.8. The van der Waals surface area contributed by atoms with Gasteiger partial charge < -0.3 is 85.3 Å². The summed E-state index contributed by atoms with van der Waals surface area (Å²) in [6.07, 6.45) is -26.3. The Balaban J connectivity index is 2.36. The molecule has 0 radical (unpaired) electrons. The summed E-state index contributed by atoms with van der Waals surface area (Å²) in [6, 6.07) is 0. The van der Waals surface area contributed by atoms with Crippen molar-refractivity contribution >= 4 is 89.0 Å². The molecule has 15 atom stereocenters. The largest absolute Gasteiger partial charge is 0.463 e. The van der Waals surface area contributed by atoms with Gasteiger partial charge in [0.05, 0.1) is 25.0 Å². The van der Waals surface area contributed by atoms with Gasteiger partial charge in [-0.05, 0) is 12.2 Å². The van der Waals surface area contributed by atoms with E-state index in [9.17, 15) is 57.5 Å². The summed E-state index contributed by atoms with van der Waals surface area (Å²) in [4.78, 5) is 154. The van der Waals surface area contributed by atoms with Gasteiger partial charge in [0, 0.05) is 83.1 Å². The van der Waals surface area contributed by atoms with Crippen molar-refractivity contribution < 1.29 is 143 Å². The first-order valence-electron chi connectivity index (χ1n) is 23.8. The molecule has 442 valence electrons. The van der Waals surface area contributed by atoms with Gasteiger partial charge in [-0.2, -0.15) is 0 Å². The van der Waals surface area contributed by atoms with E-state index in [1.54, 1.807) is 0 Å². The number of isothiocyanates is 1. The number of esters is 12. The maximum Gasteiger partial charge on any atom is 0.303 e. The maximum absolute atomic E-state index is 12.8. The first-order chi connectivity index (χ1) is 36.9. The normalized spacial score (nSPS) is 28.3. The van der Waals surface area contributed by atoms with Crippen molar-refractivity contribution in [1.82, 2.24) is 0 Å². The Bertz CT molecular complexity index is 2050.